The topological polar surface area (TPSA) is 84.9 Å². The van der Waals surface area contributed by atoms with Crippen molar-refractivity contribution in [3.8, 4) is 11.5 Å². The molecule has 3 rings (SSSR count). The first-order valence-electron chi connectivity index (χ1n) is 10.2. The Balaban J connectivity index is 1.73. The largest absolute Gasteiger partial charge is 0.493 e. The number of benzene rings is 2. The lowest BCUT2D eigenvalue weighted by atomic mass is 10.1. The fourth-order valence-electron chi connectivity index (χ4n) is 3.13. The summed E-state index contributed by atoms with van der Waals surface area (Å²) in [5.74, 6) is 0.187. The second-order valence-electron chi connectivity index (χ2n) is 7.64. The van der Waals surface area contributed by atoms with Gasteiger partial charge in [-0.3, -0.25) is 19.3 Å². The van der Waals surface area contributed by atoms with Crippen LogP contribution < -0.4 is 14.8 Å². The maximum absolute atomic E-state index is 12.8. The molecule has 1 aliphatic heterocycles. The quantitative estimate of drug-likeness (QED) is 0.607. The number of amides is 3. The maximum atomic E-state index is 12.8. The lowest BCUT2D eigenvalue weighted by molar-refractivity contribution is -0.127. The molecular weight excluding hydrogens is 428 g/mol. The highest BCUT2D eigenvalue weighted by molar-refractivity contribution is 8.18. The lowest BCUT2D eigenvalue weighted by Crippen LogP contribution is -2.36. The number of methoxy groups -OCH3 is 1. The number of hydrogen-bond donors (Lipinski definition) is 1. The molecule has 0 spiro atoms. The molecule has 32 heavy (non-hydrogen) atoms. The van der Waals surface area contributed by atoms with Crippen molar-refractivity contribution in [3.05, 3.63) is 58.0 Å². The number of rotatable bonds is 7. The molecule has 1 N–H and O–H groups in total. The van der Waals surface area contributed by atoms with Crippen molar-refractivity contribution in [1.82, 2.24) is 4.90 Å². The van der Waals surface area contributed by atoms with Crippen molar-refractivity contribution in [3.63, 3.8) is 0 Å². The number of nitrogens with one attached hydrogen (secondary N) is 1. The minimum atomic E-state index is -0.502. The number of hydrogen-bond acceptors (Lipinski definition) is 6. The highest BCUT2D eigenvalue weighted by atomic mass is 32.2. The normalized spacial score (nSPS) is 14.9. The number of anilines is 1. The Bertz CT molecular complexity index is 1090. The monoisotopic (exact) mass is 454 g/mol. The van der Waals surface area contributed by atoms with E-state index >= 15 is 0 Å². The van der Waals surface area contributed by atoms with Crippen molar-refractivity contribution in [2.24, 2.45) is 0 Å². The van der Waals surface area contributed by atoms with E-state index in [0.717, 1.165) is 27.8 Å². The van der Waals surface area contributed by atoms with Gasteiger partial charge in [0.05, 0.1) is 18.1 Å². The predicted molar refractivity (Wildman–Crippen MR) is 126 cm³/mol. The van der Waals surface area contributed by atoms with Crippen molar-refractivity contribution >= 4 is 40.6 Å². The average molecular weight is 455 g/mol. The number of nitrogens with zero attached hydrogens (tertiary/aromatic N) is 1. The molecular formula is C24H26N2O5S. The van der Waals surface area contributed by atoms with E-state index < -0.39 is 17.1 Å². The van der Waals surface area contributed by atoms with E-state index in [0.29, 0.717) is 22.7 Å². The molecule has 0 saturated carbocycles. The molecule has 3 amide bonds. The van der Waals surface area contributed by atoms with Gasteiger partial charge in [-0.15, -0.1) is 0 Å². The number of aryl methyl sites for hydroxylation is 1. The molecule has 168 valence electrons. The van der Waals surface area contributed by atoms with Gasteiger partial charge in [-0.2, -0.15) is 0 Å². The van der Waals surface area contributed by atoms with Gasteiger partial charge in [-0.25, -0.2) is 0 Å². The number of thioether (sulfide) groups is 1. The summed E-state index contributed by atoms with van der Waals surface area (Å²) in [5, 5.41) is 2.29. The van der Waals surface area contributed by atoms with Crippen LogP contribution in [-0.4, -0.2) is 41.7 Å². The molecule has 2 aromatic rings. The molecule has 2 aromatic carbocycles. The first kappa shape index (κ1) is 23.4. The summed E-state index contributed by atoms with van der Waals surface area (Å²) in [5.41, 5.74) is 3.32. The second-order valence-corrected chi connectivity index (χ2v) is 8.63. The zero-order valence-corrected chi connectivity index (χ0v) is 19.5. The minimum absolute atomic E-state index is 0.0130. The summed E-state index contributed by atoms with van der Waals surface area (Å²) in [7, 11) is 1.54. The van der Waals surface area contributed by atoms with Crippen LogP contribution in [-0.2, 0) is 9.59 Å². The Morgan fingerprint density at radius 1 is 1.16 bits per heavy atom. The zero-order valence-electron chi connectivity index (χ0n) is 18.7. The Hall–Kier alpha value is -3.26. The van der Waals surface area contributed by atoms with Crippen molar-refractivity contribution in [2.45, 2.75) is 33.8 Å². The molecule has 7 nitrogen and oxygen atoms in total. The van der Waals surface area contributed by atoms with Crippen LogP contribution >= 0.6 is 11.8 Å². The van der Waals surface area contributed by atoms with Crippen LogP contribution in [0.3, 0.4) is 0 Å². The molecule has 1 heterocycles. The minimum Gasteiger partial charge on any atom is -0.493 e. The van der Waals surface area contributed by atoms with Crippen molar-refractivity contribution < 1.29 is 23.9 Å². The van der Waals surface area contributed by atoms with Crippen LogP contribution in [0.15, 0.2) is 41.3 Å². The highest BCUT2D eigenvalue weighted by Gasteiger charge is 2.36. The smallest absolute Gasteiger partial charge is 0.294 e. The van der Waals surface area contributed by atoms with Crippen molar-refractivity contribution in [1.29, 1.82) is 0 Å². The standard InChI is InChI=1S/C24H26N2O5S/c1-14(2)31-19-10-9-17(11-20(19)30-5)12-21-23(28)26(24(29)32-21)13-22(27)25-18-8-6-7-15(3)16(18)4/h6-12,14H,13H2,1-5H3,(H,25,27)/b21-12-. The summed E-state index contributed by atoms with van der Waals surface area (Å²) >= 11 is 0.805. The summed E-state index contributed by atoms with van der Waals surface area (Å²) in [4.78, 5) is 38.8. The zero-order chi connectivity index (χ0) is 23.4. The van der Waals surface area contributed by atoms with Crippen LogP contribution in [0.5, 0.6) is 11.5 Å². The van der Waals surface area contributed by atoms with Gasteiger partial charge < -0.3 is 14.8 Å². The molecule has 0 aliphatic carbocycles. The molecule has 0 aromatic heterocycles. The summed E-state index contributed by atoms with van der Waals surface area (Å²) < 4.78 is 11.1. The number of carbonyl (C=O) groups is 3. The third-order valence-corrected chi connectivity index (χ3v) is 5.81. The lowest BCUT2D eigenvalue weighted by Gasteiger charge is -2.14. The molecule has 0 unspecified atom stereocenters. The fraction of sp³-hybridized carbons (Fsp3) is 0.292. The molecule has 1 fully saturated rings. The molecule has 1 aliphatic rings. The Labute approximate surface area is 191 Å². The van der Waals surface area contributed by atoms with Crippen LogP contribution in [0.2, 0.25) is 0 Å². The molecule has 0 atom stereocenters. The summed E-state index contributed by atoms with van der Waals surface area (Å²) in [6.07, 6.45) is 1.59. The molecule has 8 heteroatoms. The van der Waals surface area contributed by atoms with Crippen LogP contribution in [0.1, 0.15) is 30.5 Å². The predicted octanol–water partition coefficient (Wildman–Crippen LogP) is 4.77. The third kappa shape index (κ3) is 5.31. The molecule has 1 saturated heterocycles. The molecule has 0 radical (unpaired) electrons. The van der Waals surface area contributed by atoms with Crippen LogP contribution in [0.4, 0.5) is 10.5 Å². The van der Waals surface area contributed by atoms with E-state index in [1.165, 1.54) is 7.11 Å². The SMILES string of the molecule is COc1cc(/C=C2\SC(=O)N(CC(=O)Nc3cccc(C)c3C)C2=O)ccc1OC(C)C. The third-order valence-electron chi connectivity index (χ3n) is 4.90. The van der Waals surface area contributed by atoms with E-state index in [-0.39, 0.29) is 17.6 Å². The second kappa shape index (κ2) is 9.91. The highest BCUT2D eigenvalue weighted by Crippen LogP contribution is 2.34. The first-order valence-corrected chi connectivity index (χ1v) is 11.0. The van der Waals surface area contributed by atoms with E-state index in [1.807, 2.05) is 39.8 Å². The van der Waals surface area contributed by atoms with E-state index in [4.69, 9.17) is 9.47 Å². The van der Waals surface area contributed by atoms with Crippen molar-refractivity contribution in [2.75, 3.05) is 19.0 Å². The van der Waals surface area contributed by atoms with Gasteiger partial charge in [0.15, 0.2) is 11.5 Å². The van der Waals surface area contributed by atoms with Crippen LogP contribution in [0, 0.1) is 13.8 Å². The Morgan fingerprint density at radius 2 is 1.91 bits per heavy atom. The van der Waals surface area contributed by atoms with Crippen LogP contribution in [0.25, 0.3) is 6.08 Å². The number of ether oxygens (including phenoxy) is 2. The van der Waals surface area contributed by atoms with Gasteiger partial charge in [0.2, 0.25) is 5.91 Å². The Kier molecular flexibility index (Phi) is 7.25. The molecule has 0 bridgehead atoms. The number of carbonyl (C=O) groups excluding carboxylic acids is 3. The van der Waals surface area contributed by atoms with E-state index in [1.54, 1.807) is 30.3 Å². The van der Waals surface area contributed by atoms with Gasteiger partial charge in [0, 0.05) is 5.69 Å². The van der Waals surface area contributed by atoms with E-state index in [9.17, 15) is 14.4 Å². The van der Waals surface area contributed by atoms with Gasteiger partial charge >= 0.3 is 0 Å². The first-order chi connectivity index (χ1) is 15.2. The fourth-order valence-corrected chi connectivity index (χ4v) is 3.97. The van der Waals surface area contributed by atoms with Gasteiger partial charge in [0.25, 0.3) is 11.1 Å². The Morgan fingerprint density at radius 3 is 2.59 bits per heavy atom. The summed E-state index contributed by atoms with van der Waals surface area (Å²) in [6, 6.07) is 10.8. The van der Waals surface area contributed by atoms with E-state index in [2.05, 4.69) is 5.32 Å². The van der Waals surface area contributed by atoms with Gasteiger partial charge in [0.1, 0.15) is 6.54 Å². The average Bonchev–Trinajstić information content (AvgIpc) is 2.99. The van der Waals surface area contributed by atoms with Gasteiger partial charge in [-0.05, 0) is 80.4 Å². The summed E-state index contributed by atoms with van der Waals surface area (Å²) in [6.45, 7) is 7.34. The number of imide groups is 1. The maximum Gasteiger partial charge on any atom is 0.294 e. The van der Waals surface area contributed by atoms with Gasteiger partial charge in [-0.1, -0.05) is 18.2 Å².